The minimum absolute atomic E-state index is 0.393. The second-order valence-corrected chi connectivity index (χ2v) is 8.02. The number of nitrogens with two attached hydrogens (primary N) is 2. The number of primary amides is 1. The number of nitrogens with one attached hydrogen (secondary N) is 1. The Balaban J connectivity index is 1.91. The van der Waals surface area contributed by atoms with Gasteiger partial charge in [0.25, 0.3) is 0 Å². The van der Waals surface area contributed by atoms with E-state index in [1.165, 1.54) is 6.33 Å². The summed E-state index contributed by atoms with van der Waals surface area (Å²) < 4.78 is 8.36. The van der Waals surface area contributed by atoms with Crippen LogP contribution in [0.1, 0.15) is 18.1 Å². The van der Waals surface area contributed by atoms with Crippen LogP contribution in [0.15, 0.2) is 30.7 Å². The van der Waals surface area contributed by atoms with Crippen LogP contribution in [0.2, 0.25) is 0 Å². The summed E-state index contributed by atoms with van der Waals surface area (Å²) in [5.74, 6) is 0.826. The molecule has 5 N–H and O–H groups in total. The second-order valence-electron chi connectivity index (χ2n) is 6.97. The molecule has 0 radical (unpaired) electrons. The molecule has 0 fully saturated rings. The van der Waals surface area contributed by atoms with E-state index < -0.39 is 11.9 Å². The van der Waals surface area contributed by atoms with E-state index in [0.717, 1.165) is 42.9 Å². The van der Waals surface area contributed by atoms with Gasteiger partial charge in [-0.15, -0.1) is 11.3 Å². The molecule has 0 aliphatic carbocycles. The van der Waals surface area contributed by atoms with Crippen molar-refractivity contribution >= 4 is 38.7 Å². The molecule has 1 amide bonds. The van der Waals surface area contributed by atoms with Crippen LogP contribution >= 0.6 is 11.3 Å². The molecule has 1 aromatic carbocycles. The van der Waals surface area contributed by atoms with Crippen LogP contribution in [0.4, 0.5) is 5.82 Å². The first kappa shape index (κ1) is 19.2. The van der Waals surface area contributed by atoms with Gasteiger partial charge in [-0.1, -0.05) is 6.07 Å². The maximum Gasteiger partial charge on any atom is 0.234 e. The molecule has 0 aliphatic heterocycles. The first-order valence-electron chi connectivity index (χ1n) is 9.11. The minimum atomic E-state index is -0.459. The Labute approximate surface area is 171 Å². The highest BCUT2D eigenvalue weighted by Crippen LogP contribution is 2.43. The highest BCUT2D eigenvalue weighted by molar-refractivity contribution is 7.22. The SMILES string of the molecule is COc1cc(C)cc2cc(-c3c(CN[C@@H](C)C(N)=O)cn4ncnc(N)c34)sc12. The van der Waals surface area contributed by atoms with E-state index in [0.29, 0.717) is 12.4 Å². The number of benzene rings is 1. The smallest absolute Gasteiger partial charge is 0.234 e. The number of fused-ring (bicyclic) bond motifs is 2. The van der Waals surface area contributed by atoms with E-state index in [-0.39, 0.29) is 0 Å². The largest absolute Gasteiger partial charge is 0.495 e. The number of hydrogen-bond donors (Lipinski definition) is 3. The van der Waals surface area contributed by atoms with Crippen molar-refractivity contribution < 1.29 is 9.53 Å². The summed E-state index contributed by atoms with van der Waals surface area (Å²) in [6.07, 6.45) is 3.32. The number of nitrogens with zero attached hydrogens (tertiary/aromatic N) is 3. The average molecular weight is 411 g/mol. The van der Waals surface area contributed by atoms with Crippen LogP contribution in [0, 0.1) is 6.92 Å². The molecule has 0 saturated carbocycles. The normalized spacial score (nSPS) is 12.5. The fourth-order valence-corrected chi connectivity index (χ4v) is 4.61. The Hall–Kier alpha value is -3.17. The summed E-state index contributed by atoms with van der Waals surface area (Å²) >= 11 is 1.62. The van der Waals surface area contributed by atoms with E-state index >= 15 is 0 Å². The van der Waals surface area contributed by atoms with Gasteiger partial charge in [-0.3, -0.25) is 4.79 Å². The van der Waals surface area contributed by atoms with Gasteiger partial charge in [-0.25, -0.2) is 9.50 Å². The van der Waals surface area contributed by atoms with Gasteiger partial charge < -0.3 is 21.5 Å². The van der Waals surface area contributed by atoms with Crippen LogP contribution in [0.5, 0.6) is 5.75 Å². The number of carbonyl (C=O) groups is 1. The molecular formula is C20H22N6O2S. The summed E-state index contributed by atoms with van der Waals surface area (Å²) in [7, 11) is 1.67. The number of ether oxygens (including phenoxy) is 1. The van der Waals surface area contributed by atoms with Crippen LogP contribution in [0.25, 0.3) is 26.0 Å². The van der Waals surface area contributed by atoms with Crippen LogP contribution in [-0.2, 0) is 11.3 Å². The Morgan fingerprint density at radius 2 is 2.17 bits per heavy atom. The number of anilines is 1. The van der Waals surface area contributed by atoms with Gasteiger partial charge in [0.1, 0.15) is 17.6 Å². The molecule has 4 rings (SSSR count). The van der Waals surface area contributed by atoms with Crippen molar-refractivity contribution in [3.8, 4) is 16.2 Å². The minimum Gasteiger partial charge on any atom is -0.495 e. The molecule has 4 aromatic rings. The summed E-state index contributed by atoms with van der Waals surface area (Å²) in [5, 5.41) is 8.55. The fraction of sp³-hybridized carbons (Fsp3) is 0.250. The molecule has 1 atom stereocenters. The first-order chi connectivity index (χ1) is 13.9. The quantitative estimate of drug-likeness (QED) is 0.449. The Kier molecular flexibility index (Phi) is 4.85. The highest BCUT2D eigenvalue weighted by Gasteiger charge is 2.20. The van der Waals surface area contributed by atoms with E-state index in [1.54, 1.807) is 29.9 Å². The van der Waals surface area contributed by atoms with E-state index in [9.17, 15) is 4.79 Å². The number of rotatable bonds is 6. The summed E-state index contributed by atoms with van der Waals surface area (Å²) in [4.78, 5) is 16.6. The number of thiophene rings is 1. The zero-order valence-electron chi connectivity index (χ0n) is 16.4. The summed E-state index contributed by atoms with van der Waals surface area (Å²) in [6, 6.07) is 5.82. The van der Waals surface area contributed by atoms with Gasteiger partial charge in [0.05, 0.1) is 17.9 Å². The van der Waals surface area contributed by atoms with E-state index in [4.69, 9.17) is 16.2 Å². The summed E-state index contributed by atoms with van der Waals surface area (Å²) in [6.45, 7) is 4.21. The Morgan fingerprint density at radius 3 is 2.90 bits per heavy atom. The third-order valence-electron chi connectivity index (χ3n) is 4.90. The number of hydrogen-bond acceptors (Lipinski definition) is 7. The number of aromatic nitrogens is 3. The Morgan fingerprint density at radius 1 is 1.38 bits per heavy atom. The lowest BCUT2D eigenvalue weighted by molar-refractivity contribution is -0.119. The maximum absolute atomic E-state index is 11.4. The van der Waals surface area contributed by atoms with Crippen LogP contribution < -0.4 is 21.5 Å². The molecule has 3 heterocycles. The van der Waals surface area contributed by atoms with Crippen molar-refractivity contribution in [3.63, 3.8) is 0 Å². The molecule has 3 aromatic heterocycles. The van der Waals surface area contributed by atoms with Crippen molar-refractivity contribution in [3.05, 3.63) is 41.9 Å². The molecule has 29 heavy (non-hydrogen) atoms. The molecule has 8 nitrogen and oxygen atoms in total. The van der Waals surface area contributed by atoms with Gasteiger partial charge in [0.2, 0.25) is 5.91 Å². The van der Waals surface area contributed by atoms with Crippen molar-refractivity contribution in [1.29, 1.82) is 0 Å². The molecule has 0 saturated heterocycles. The molecule has 150 valence electrons. The molecule has 0 unspecified atom stereocenters. The molecule has 0 bridgehead atoms. The lowest BCUT2D eigenvalue weighted by Crippen LogP contribution is -2.38. The third kappa shape index (κ3) is 3.39. The molecular weight excluding hydrogens is 388 g/mol. The number of aryl methyl sites for hydroxylation is 1. The van der Waals surface area contributed by atoms with Crippen molar-refractivity contribution in [2.45, 2.75) is 26.4 Å². The zero-order chi connectivity index (χ0) is 20.7. The van der Waals surface area contributed by atoms with Gasteiger partial charge in [0, 0.05) is 23.2 Å². The molecule has 9 heteroatoms. The number of carbonyl (C=O) groups excluding carboxylic acids is 1. The molecule has 0 spiro atoms. The number of amides is 1. The Bertz CT molecular complexity index is 1230. The second kappa shape index (κ2) is 7.34. The van der Waals surface area contributed by atoms with Gasteiger partial charge in [0.15, 0.2) is 5.82 Å². The standard InChI is InChI=1S/C20H22N6O2S/c1-10-4-12-6-15(29-18(12)14(5-10)28-3)16-13(7-23-11(2)20(22)27)8-26-17(16)19(21)24-9-25-26/h4-6,8-9,11,23H,7H2,1-3H3,(H2,22,27)(H2,21,24,25)/t11-/m0/s1. The lowest BCUT2D eigenvalue weighted by Gasteiger charge is -2.10. The first-order valence-corrected chi connectivity index (χ1v) is 9.92. The van der Waals surface area contributed by atoms with Crippen LogP contribution in [0.3, 0.4) is 0 Å². The van der Waals surface area contributed by atoms with Gasteiger partial charge >= 0.3 is 0 Å². The monoisotopic (exact) mass is 410 g/mol. The predicted molar refractivity (Wildman–Crippen MR) is 115 cm³/mol. The topological polar surface area (TPSA) is 121 Å². The van der Waals surface area contributed by atoms with E-state index in [1.807, 2.05) is 19.2 Å². The number of methoxy groups -OCH3 is 1. The third-order valence-corrected chi connectivity index (χ3v) is 6.08. The van der Waals surface area contributed by atoms with Crippen molar-refractivity contribution in [1.82, 2.24) is 19.9 Å². The number of nitrogen functional groups attached to an aromatic ring is 1. The predicted octanol–water partition coefficient (Wildman–Crippen LogP) is 2.47. The van der Waals surface area contributed by atoms with Crippen LogP contribution in [-0.4, -0.2) is 33.7 Å². The highest BCUT2D eigenvalue weighted by atomic mass is 32.1. The van der Waals surface area contributed by atoms with Crippen molar-refractivity contribution in [2.75, 3.05) is 12.8 Å². The maximum atomic E-state index is 11.4. The lowest BCUT2D eigenvalue weighted by atomic mass is 10.1. The fourth-order valence-electron chi connectivity index (χ4n) is 3.40. The van der Waals surface area contributed by atoms with Gasteiger partial charge in [-0.2, -0.15) is 5.10 Å². The molecule has 0 aliphatic rings. The zero-order valence-corrected chi connectivity index (χ0v) is 17.2. The summed E-state index contributed by atoms with van der Waals surface area (Å²) in [5.41, 5.74) is 15.3. The van der Waals surface area contributed by atoms with Gasteiger partial charge in [-0.05, 0) is 42.5 Å². The van der Waals surface area contributed by atoms with E-state index in [2.05, 4.69) is 27.5 Å². The average Bonchev–Trinajstić information content (AvgIpc) is 3.26. The van der Waals surface area contributed by atoms with Crippen molar-refractivity contribution in [2.24, 2.45) is 5.73 Å².